The molecule has 112 valence electrons. The molecule has 2 aromatic carbocycles. The second-order valence-corrected chi connectivity index (χ2v) is 4.69. The fraction of sp³-hybridized carbons (Fsp3) is 0.294. The Morgan fingerprint density at radius 2 is 1.29 bits per heavy atom. The highest BCUT2D eigenvalue weighted by Gasteiger charge is 2.29. The van der Waals surface area contributed by atoms with Crippen LogP contribution in [0.3, 0.4) is 0 Å². The summed E-state index contributed by atoms with van der Waals surface area (Å²) < 4.78 is 11.1. The first-order valence-electron chi connectivity index (χ1n) is 7.00. The first kappa shape index (κ1) is 15.4. The summed E-state index contributed by atoms with van der Waals surface area (Å²) in [5, 5.41) is 20.3. The van der Waals surface area contributed by atoms with Gasteiger partial charge in [-0.2, -0.15) is 0 Å². The number of rotatable bonds is 7. The van der Waals surface area contributed by atoms with Crippen molar-refractivity contribution < 1.29 is 19.7 Å². The van der Waals surface area contributed by atoms with Crippen LogP contribution < -0.4 is 9.47 Å². The maximum Gasteiger partial charge on any atom is 0.237 e. The van der Waals surface area contributed by atoms with Crippen LogP contribution in [0.1, 0.15) is 13.3 Å². The van der Waals surface area contributed by atoms with Crippen LogP contribution in [0, 0.1) is 0 Å². The molecule has 0 aliphatic rings. The number of hydrogen-bond donors (Lipinski definition) is 2. The van der Waals surface area contributed by atoms with E-state index in [-0.39, 0.29) is 0 Å². The number of benzene rings is 2. The van der Waals surface area contributed by atoms with Gasteiger partial charge in [0.25, 0.3) is 0 Å². The summed E-state index contributed by atoms with van der Waals surface area (Å²) in [5.74, 6) is 1.10. The molecule has 0 amide bonds. The van der Waals surface area contributed by atoms with Crippen molar-refractivity contribution in [3.05, 3.63) is 60.7 Å². The van der Waals surface area contributed by atoms with E-state index < -0.39 is 18.5 Å². The van der Waals surface area contributed by atoms with Crippen LogP contribution in [0.2, 0.25) is 0 Å². The summed E-state index contributed by atoms with van der Waals surface area (Å²) in [5.41, 5.74) is 0. The summed E-state index contributed by atoms with van der Waals surface area (Å²) in [4.78, 5) is 0. The van der Waals surface area contributed by atoms with E-state index >= 15 is 0 Å². The Labute approximate surface area is 124 Å². The van der Waals surface area contributed by atoms with Crippen LogP contribution in [0.25, 0.3) is 0 Å². The Hall–Kier alpha value is -2.04. The van der Waals surface area contributed by atoms with Crippen LogP contribution in [0.5, 0.6) is 11.5 Å². The average molecular weight is 288 g/mol. The van der Waals surface area contributed by atoms with Crippen molar-refractivity contribution in [1.82, 2.24) is 0 Å². The van der Waals surface area contributed by atoms with E-state index in [4.69, 9.17) is 9.47 Å². The van der Waals surface area contributed by atoms with Crippen molar-refractivity contribution in [1.29, 1.82) is 0 Å². The molecule has 0 radical (unpaired) electrons. The predicted molar refractivity (Wildman–Crippen MR) is 80.2 cm³/mol. The molecule has 0 aliphatic heterocycles. The van der Waals surface area contributed by atoms with Gasteiger partial charge in [-0.1, -0.05) is 43.3 Å². The van der Waals surface area contributed by atoms with E-state index in [2.05, 4.69) is 0 Å². The molecular formula is C17H20O4. The maximum absolute atomic E-state index is 10.2. The van der Waals surface area contributed by atoms with E-state index in [1.165, 1.54) is 0 Å². The lowest BCUT2D eigenvalue weighted by Gasteiger charge is -2.28. The van der Waals surface area contributed by atoms with E-state index in [1.807, 2.05) is 43.3 Å². The monoisotopic (exact) mass is 288 g/mol. The Morgan fingerprint density at radius 1 is 0.810 bits per heavy atom. The Kier molecular flexibility index (Phi) is 5.60. The molecule has 0 aliphatic carbocycles. The average Bonchev–Trinajstić information content (AvgIpc) is 2.53. The molecule has 4 nitrogen and oxygen atoms in total. The van der Waals surface area contributed by atoms with Gasteiger partial charge in [-0.25, -0.2) is 0 Å². The van der Waals surface area contributed by atoms with Gasteiger partial charge in [-0.05, 0) is 30.7 Å². The molecule has 3 atom stereocenters. The van der Waals surface area contributed by atoms with Gasteiger partial charge in [-0.3, -0.25) is 0 Å². The molecule has 2 aromatic rings. The quantitative estimate of drug-likeness (QED) is 0.769. The van der Waals surface area contributed by atoms with E-state index in [0.717, 1.165) is 0 Å². The van der Waals surface area contributed by atoms with Crippen LogP contribution in [0.4, 0.5) is 0 Å². The molecule has 0 saturated heterocycles. The van der Waals surface area contributed by atoms with Crippen molar-refractivity contribution in [3.63, 3.8) is 0 Å². The number of aliphatic hydroxyl groups is 2. The highest BCUT2D eigenvalue weighted by Crippen LogP contribution is 2.19. The van der Waals surface area contributed by atoms with Crippen molar-refractivity contribution in [3.8, 4) is 11.5 Å². The molecule has 4 heteroatoms. The summed E-state index contributed by atoms with van der Waals surface area (Å²) in [6, 6.07) is 18.0. The smallest absolute Gasteiger partial charge is 0.237 e. The van der Waals surface area contributed by atoms with Gasteiger partial charge in [-0.15, -0.1) is 0 Å². The van der Waals surface area contributed by atoms with Gasteiger partial charge >= 0.3 is 0 Å². The van der Waals surface area contributed by atoms with E-state index in [9.17, 15) is 10.2 Å². The Morgan fingerprint density at radius 3 is 1.76 bits per heavy atom. The summed E-state index contributed by atoms with van der Waals surface area (Å²) in [6.45, 7) is 1.82. The first-order chi connectivity index (χ1) is 10.2. The highest BCUT2D eigenvalue weighted by molar-refractivity contribution is 5.23. The number of hydrogen-bond acceptors (Lipinski definition) is 4. The van der Waals surface area contributed by atoms with Gasteiger partial charge in [0.2, 0.25) is 6.29 Å². The molecule has 0 aromatic heterocycles. The van der Waals surface area contributed by atoms with Crippen molar-refractivity contribution >= 4 is 0 Å². The zero-order valence-corrected chi connectivity index (χ0v) is 11.9. The van der Waals surface area contributed by atoms with Crippen LogP contribution >= 0.6 is 0 Å². The lowest BCUT2D eigenvalue weighted by atomic mass is 10.1. The molecular weight excluding hydrogens is 268 g/mol. The second-order valence-electron chi connectivity index (χ2n) is 4.69. The largest absolute Gasteiger partial charge is 0.481 e. The molecule has 0 spiro atoms. The van der Waals surface area contributed by atoms with Gasteiger partial charge in [0, 0.05) is 0 Å². The summed E-state index contributed by atoms with van der Waals surface area (Å²) in [7, 11) is 0. The summed E-state index contributed by atoms with van der Waals surface area (Å²) in [6.07, 6.45) is -2.50. The van der Waals surface area contributed by atoms with Crippen molar-refractivity contribution in [2.24, 2.45) is 0 Å². The first-order valence-corrected chi connectivity index (χ1v) is 7.00. The van der Waals surface area contributed by atoms with Crippen LogP contribution in [-0.2, 0) is 0 Å². The molecule has 21 heavy (non-hydrogen) atoms. The number of aliphatic hydroxyl groups excluding tert-OH is 2. The third-order valence-electron chi connectivity index (χ3n) is 3.09. The van der Waals surface area contributed by atoms with E-state index in [1.54, 1.807) is 24.3 Å². The van der Waals surface area contributed by atoms with Crippen LogP contribution in [-0.4, -0.2) is 28.7 Å². The Bertz CT molecular complexity index is 515. The molecule has 0 bridgehead atoms. The number of para-hydroxylation sites is 2. The predicted octanol–water partition coefficient (Wildman–Crippen LogP) is 2.60. The minimum atomic E-state index is -1.26. The standard InChI is InChI=1S/C17H20O4/c1-2-15(18)16(20-13-9-5-3-6-10-13)17(19)21-14-11-7-4-8-12-14/h3-12,15-19H,2H2,1H3. The fourth-order valence-corrected chi connectivity index (χ4v) is 1.92. The lowest BCUT2D eigenvalue weighted by Crippen LogP contribution is -2.44. The fourth-order valence-electron chi connectivity index (χ4n) is 1.92. The highest BCUT2D eigenvalue weighted by atomic mass is 16.6. The molecule has 2 N–H and O–H groups in total. The maximum atomic E-state index is 10.2. The summed E-state index contributed by atoms with van der Waals surface area (Å²) >= 11 is 0. The third kappa shape index (κ3) is 4.48. The number of ether oxygens (including phenoxy) is 2. The van der Waals surface area contributed by atoms with Crippen molar-refractivity contribution in [2.75, 3.05) is 0 Å². The zero-order chi connectivity index (χ0) is 15.1. The minimum Gasteiger partial charge on any atom is -0.481 e. The second kappa shape index (κ2) is 7.67. The van der Waals surface area contributed by atoms with Crippen LogP contribution in [0.15, 0.2) is 60.7 Å². The molecule has 0 heterocycles. The molecule has 0 saturated carbocycles. The lowest BCUT2D eigenvalue weighted by molar-refractivity contribution is -0.132. The topological polar surface area (TPSA) is 58.9 Å². The third-order valence-corrected chi connectivity index (χ3v) is 3.09. The SMILES string of the molecule is CCC(O)C(Oc1ccccc1)C(O)Oc1ccccc1. The molecule has 0 fully saturated rings. The van der Waals surface area contributed by atoms with Gasteiger partial charge in [0.15, 0.2) is 6.10 Å². The van der Waals surface area contributed by atoms with Gasteiger partial charge in [0.05, 0.1) is 6.10 Å². The van der Waals surface area contributed by atoms with Crippen molar-refractivity contribution in [2.45, 2.75) is 31.8 Å². The normalized spacial score (nSPS) is 15.0. The molecule has 2 rings (SSSR count). The zero-order valence-electron chi connectivity index (χ0n) is 11.9. The van der Waals surface area contributed by atoms with Gasteiger partial charge < -0.3 is 19.7 Å². The van der Waals surface area contributed by atoms with Gasteiger partial charge in [0.1, 0.15) is 11.5 Å². The minimum absolute atomic E-state index is 0.451. The Balaban J connectivity index is 2.08. The molecule has 3 unspecified atom stereocenters. The van der Waals surface area contributed by atoms with E-state index in [0.29, 0.717) is 17.9 Å².